The van der Waals surface area contributed by atoms with Gasteiger partial charge in [0.15, 0.2) is 0 Å². The normalized spacial score (nSPS) is 18.3. The van der Waals surface area contributed by atoms with E-state index in [1.807, 2.05) is 11.9 Å². The van der Waals surface area contributed by atoms with Gasteiger partial charge < -0.3 is 9.80 Å². The largest absolute Gasteiger partial charge is 0.345 e. The number of rotatable bonds is 6. The van der Waals surface area contributed by atoms with Crippen molar-refractivity contribution in [3.63, 3.8) is 0 Å². The highest BCUT2D eigenvalue weighted by Crippen LogP contribution is 2.18. The second-order valence-corrected chi connectivity index (χ2v) is 6.08. The Morgan fingerprint density at radius 2 is 1.94 bits per heavy atom. The Labute approximate surface area is 113 Å². The molecule has 106 valence electrons. The van der Waals surface area contributed by atoms with E-state index in [9.17, 15) is 4.79 Å². The van der Waals surface area contributed by atoms with E-state index in [-0.39, 0.29) is 0 Å². The molecule has 0 unspecified atom stereocenters. The molecule has 0 saturated carbocycles. The van der Waals surface area contributed by atoms with Gasteiger partial charge in [0.2, 0.25) is 5.91 Å². The summed E-state index contributed by atoms with van der Waals surface area (Å²) in [6.45, 7) is 11.1. The van der Waals surface area contributed by atoms with Crippen molar-refractivity contribution < 1.29 is 4.79 Å². The summed E-state index contributed by atoms with van der Waals surface area (Å²) in [6, 6.07) is 0. The van der Waals surface area contributed by atoms with Crippen LogP contribution in [0.15, 0.2) is 0 Å². The highest BCUT2D eigenvalue weighted by molar-refractivity contribution is 5.75. The highest BCUT2D eigenvalue weighted by Gasteiger charge is 2.21. The first-order valence-corrected chi connectivity index (χ1v) is 7.49. The molecule has 0 radical (unpaired) electrons. The Kier molecular flexibility index (Phi) is 6.69. The smallest absolute Gasteiger partial charge is 0.222 e. The second-order valence-electron chi connectivity index (χ2n) is 6.08. The summed E-state index contributed by atoms with van der Waals surface area (Å²) >= 11 is 0. The number of hydrogen-bond donors (Lipinski definition) is 0. The van der Waals surface area contributed by atoms with Crippen molar-refractivity contribution in [1.29, 1.82) is 0 Å². The molecule has 0 aliphatic carbocycles. The third kappa shape index (κ3) is 5.38. The Bertz CT molecular complexity index is 245. The zero-order valence-electron chi connectivity index (χ0n) is 12.6. The lowest BCUT2D eigenvalue weighted by molar-refractivity contribution is -0.130. The maximum absolute atomic E-state index is 12.0. The molecule has 1 fully saturated rings. The molecule has 1 amide bonds. The molecular formula is C15H30N2O. The van der Waals surface area contributed by atoms with E-state index in [0.29, 0.717) is 24.2 Å². The standard InChI is InChI=1S/C15H30N2O/c1-5-17-10-8-14(9-11-17)12-16(4)15(18)7-6-13(2)3/h13-14H,5-12H2,1-4H3. The highest BCUT2D eigenvalue weighted by atomic mass is 16.2. The van der Waals surface area contributed by atoms with Gasteiger partial charge in [-0.2, -0.15) is 0 Å². The minimum absolute atomic E-state index is 0.321. The molecule has 1 heterocycles. The third-order valence-electron chi connectivity index (χ3n) is 4.05. The molecule has 3 nitrogen and oxygen atoms in total. The number of likely N-dealkylation sites (tertiary alicyclic amines) is 1. The number of nitrogens with zero attached hydrogens (tertiary/aromatic N) is 2. The van der Waals surface area contributed by atoms with Crippen molar-refractivity contribution in [1.82, 2.24) is 9.80 Å². The molecule has 0 aromatic carbocycles. The number of hydrogen-bond acceptors (Lipinski definition) is 2. The molecule has 3 heteroatoms. The van der Waals surface area contributed by atoms with Crippen LogP contribution in [0.1, 0.15) is 46.5 Å². The van der Waals surface area contributed by atoms with E-state index >= 15 is 0 Å². The van der Waals surface area contributed by atoms with Gasteiger partial charge in [-0.05, 0) is 50.7 Å². The van der Waals surface area contributed by atoms with E-state index in [1.165, 1.54) is 25.9 Å². The maximum atomic E-state index is 12.0. The third-order valence-corrected chi connectivity index (χ3v) is 4.05. The van der Waals surface area contributed by atoms with Crippen LogP contribution < -0.4 is 0 Å². The Balaban J connectivity index is 2.23. The van der Waals surface area contributed by atoms with Crippen LogP contribution in [0.3, 0.4) is 0 Å². The van der Waals surface area contributed by atoms with Gasteiger partial charge in [0.05, 0.1) is 0 Å². The van der Waals surface area contributed by atoms with Gasteiger partial charge in [-0.25, -0.2) is 0 Å². The SMILES string of the molecule is CCN1CCC(CN(C)C(=O)CCC(C)C)CC1. The van der Waals surface area contributed by atoms with Crippen LogP contribution in [0.2, 0.25) is 0 Å². The van der Waals surface area contributed by atoms with Crippen LogP contribution in [0.4, 0.5) is 0 Å². The number of piperidine rings is 1. The van der Waals surface area contributed by atoms with E-state index in [0.717, 1.165) is 19.5 Å². The van der Waals surface area contributed by atoms with Crippen molar-refractivity contribution in [3.05, 3.63) is 0 Å². The molecule has 0 aromatic rings. The van der Waals surface area contributed by atoms with Crippen LogP contribution >= 0.6 is 0 Å². The zero-order valence-corrected chi connectivity index (χ0v) is 12.6. The van der Waals surface area contributed by atoms with E-state index in [4.69, 9.17) is 0 Å². The number of carbonyl (C=O) groups is 1. The number of carbonyl (C=O) groups excluding carboxylic acids is 1. The molecule has 0 bridgehead atoms. The number of amides is 1. The van der Waals surface area contributed by atoms with E-state index < -0.39 is 0 Å². The fraction of sp³-hybridized carbons (Fsp3) is 0.933. The summed E-state index contributed by atoms with van der Waals surface area (Å²) < 4.78 is 0. The molecule has 1 saturated heterocycles. The lowest BCUT2D eigenvalue weighted by Crippen LogP contribution is -2.39. The molecule has 0 N–H and O–H groups in total. The molecule has 0 atom stereocenters. The second kappa shape index (κ2) is 7.78. The zero-order chi connectivity index (χ0) is 13.5. The van der Waals surface area contributed by atoms with Gasteiger partial charge in [0, 0.05) is 20.0 Å². The molecular weight excluding hydrogens is 224 g/mol. The quantitative estimate of drug-likeness (QED) is 0.727. The monoisotopic (exact) mass is 254 g/mol. The van der Waals surface area contributed by atoms with E-state index in [1.54, 1.807) is 0 Å². The van der Waals surface area contributed by atoms with Crippen LogP contribution in [0.5, 0.6) is 0 Å². The topological polar surface area (TPSA) is 23.6 Å². The van der Waals surface area contributed by atoms with Crippen molar-refractivity contribution in [2.45, 2.75) is 46.5 Å². The molecule has 0 aromatic heterocycles. The van der Waals surface area contributed by atoms with Crippen molar-refractivity contribution in [3.8, 4) is 0 Å². The predicted molar refractivity (Wildman–Crippen MR) is 76.5 cm³/mol. The lowest BCUT2D eigenvalue weighted by atomic mass is 9.96. The molecule has 18 heavy (non-hydrogen) atoms. The average molecular weight is 254 g/mol. The van der Waals surface area contributed by atoms with Crippen LogP contribution in [-0.2, 0) is 4.79 Å². The van der Waals surface area contributed by atoms with Gasteiger partial charge in [0.1, 0.15) is 0 Å². The summed E-state index contributed by atoms with van der Waals surface area (Å²) in [5, 5.41) is 0. The molecule has 1 aliphatic heterocycles. The summed E-state index contributed by atoms with van der Waals surface area (Å²) in [5.74, 6) is 1.65. The van der Waals surface area contributed by atoms with Crippen LogP contribution in [-0.4, -0.2) is 48.9 Å². The molecule has 1 aliphatic rings. The van der Waals surface area contributed by atoms with Gasteiger partial charge in [-0.15, -0.1) is 0 Å². The Hall–Kier alpha value is -0.570. The van der Waals surface area contributed by atoms with Crippen molar-refractivity contribution >= 4 is 5.91 Å². The minimum atomic E-state index is 0.321. The van der Waals surface area contributed by atoms with Gasteiger partial charge in [-0.1, -0.05) is 20.8 Å². The first-order valence-electron chi connectivity index (χ1n) is 7.49. The molecule has 1 rings (SSSR count). The average Bonchev–Trinajstić information content (AvgIpc) is 2.36. The van der Waals surface area contributed by atoms with Gasteiger partial charge in [-0.3, -0.25) is 4.79 Å². The minimum Gasteiger partial charge on any atom is -0.345 e. The molecule has 0 spiro atoms. The summed E-state index contributed by atoms with van der Waals surface area (Å²) in [6.07, 6.45) is 4.21. The first-order chi connectivity index (χ1) is 8.52. The van der Waals surface area contributed by atoms with Gasteiger partial charge >= 0.3 is 0 Å². The predicted octanol–water partition coefficient (Wildman–Crippen LogP) is 2.61. The Morgan fingerprint density at radius 3 is 2.44 bits per heavy atom. The van der Waals surface area contributed by atoms with Crippen LogP contribution in [0.25, 0.3) is 0 Å². The lowest BCUT2D eigenvalue weighted by Gasteiger charge is -2.33. The summed E-state index contributed by atoms with van der Waals surface area (Å²) in [7, 11) is 1.97. The maximum Gasteiger partial charge on any atom is 0.222 e. The summed E-state index contributed by atoms with van der Waals surface area (Å²) in [4.78, 5) is 16.4. The van der Waals surface area contributed by atoms with Crippen molar-refractivity contribution in [2.75, 3.05) is 33.2 Å². The summed E-state index contributed by atoms with van der Waals surface area (Å²) in [5.41, 5.74) is 0. The Morgan fingerprint density at radius 1 is 1.33 bits per heavy atom. The first kappa shape index (κ1) is 15.5. The van der Waals surface area contributed by atoms with E-state index in [2.05, 4.69) is 25.7 Å². The van der Waals surface area contributed by atoms with Gasteiger partial charge in [0.25, 0.3) is 0 Å². The fourth-order valence-electron chi connectivity index (χ4n) is 2.58. The fourth-order valence-corrected chi connectivity index (χ4v) is 2.58. The van der Waals surface area contributed by atoms with Crippen molar-refractivity contribution in [2.24, 2.45) is 11.8 Å². The van der Waals surface area contributed by atoms with Crippen LogP contribution in [0, 0.1) is 11.8 Å².